The SMILES string of the molecule is CN(C)CCCOc1ncc(Br)cc1NS(=O)c1cncc(C(F)(F)F)c1. The van der Waals surface area contributed by atoms with Crippen molar-refractivity contribution >= 4 is 32.6 Å². The zero-order valence-electron chi connectivity index (χ0n) is 14.6. The lowest BCUT2D eigenvalue weighted by Gasteiger charge is -2.14. The van der Waals surface area contributed by atoms with Gasteiger partial charge in [0, 0.05) is 29.6 Å². The number of halogens is 4. The van der Waals surface area contributed by atoms with E-state index in [4.69, 9.17) is 4.74 Å². The molecule has 1 atom stereocenters. The Labute approximate surface area is 165 Å². The van der Waals surface area contributed by atoms with Crippen LogP contribution in [0.15, 0.2) is 40.1 Å². The minimum absolute atomic E-state index is 0.108. The number of nitrogens with one attached hydrogen (secondary N) is 1. The highest BCUT2D eigenvalue weighted by Gasteiger charge is 2.31. The molecular weight excluding hydrogens is 449 g/mol. The second kappa shape index (κ2) is 9.47. The third-order valence-electron chi connectivity index (χ3n) is 3.26. The lowest BCUT2D eigenvalue weighted by atomic mass is 10.3. The van der Waals surface area contributed by atoms with E-state index in [1.165, 1.54) is 6.20 Å². The summed E-state index contributed by atoms with van der Waals surface area (Å²) >= 11 is 3.26. The van der Waals surface area contributed by atoms with Gasteiger partial charge < -0.3 is 9.64 Å². The molecule has 0 aliphatic heterocycles. The summed E-state index contributed by atoms with van der Waals surface area (Å²) < 4.78 is 59.7. The van der Waals surface area contributed by atoms with E-state index in [2.05, 4.69) is 30.6 Å². The molecule has 0 saturated carbocycles. The summed E-state index contributed by atoms with van der Waals surface area (Å²) in [5.74, 6) is 0.213. The number of anilines is 1. The molecule has 1 unspecified atom stereocenters. The Morgan fingerprint density at radius 2 is 2.00 bits per heavy atom. The van der Waals surface area contributed by atoms with Crippen LogP contribution in [-0.4, -0.2) is 46.3 Å². The van der Waals surface area contributed by atoms with Crippen molar-refractivity contribution < 1.29 is 22.1 Å². The first-order valence-corrected chi connectivity index (χ1v) is 9.75. The molecule has 0 aliphatic carbocycles. The molecule has 0 fully saturated rings. The van der Waals surface area contributed by atoms with Crippen molar-refractivity contribution in [3.63, 3.8) is 0 Å². The van der Waals surface area contributed by atoms with Gasteiger partial charge in [0.25, 0.3) is 0 Å². The fraction of sp³-hybridized carbons (Fsp3) is 0.375. The Balaban J connectivity index is 2.14. The van der Waals surface area contributed by atoms with Gasteiger partial charge in [0.1, 0.15) is 5.69 Å². The number of alkyl halides is 3. The largest absolute Gasteiger partial charge is 0.476 e. The van der Waals surface area contributed by atoms with E-state index in [0.717, 1.165) is 25.2 Å². The Bertz CT molecular complexity index is 805. The number of aromatic nitrogens is 2. The lowest BCUT2D eigenvalue weighted by molar-refractivity contribution is -0.138. The molecule has 0 amide bonds. The fourth-order valence-electron chi connectivity index (χ4n) is 2.00. The van der Waals surface area contributed by atoms with Crippen molar-refractivity contribution in [3.8, 4) is 5.88 Å². The van der Waals surface area contributed by atoms with Crippen molar-refractivity contribution in [2.75, 3.05) is 32.0 Å². The average molecular weight is 467 g/mol. The predicted molar refractivity (Wildman–Crippen MR) is 99.9 cm³/mol. The zero-order chi connectivity index (χ0) is 20.0. The number of hydrogen-bond acceptors (Lipinski definition) is 5. The highest BCUT2D eigenvalue weighted by Crippen LogP contribution is 2.31. The van der Waals surface area contributed by atoms with Gasteiger partial charge in [-0.3, -0.25) is 9.71 Å². The molecular formula is C16H18BrF3N4O2S. The van der Waals surface area contributed by atoms with Crippen molar-refractivity contribution in [2.24, 2.45) is 0 Å². The summed E-state index contributed by atoms with van der Waals surface area (Å²) in [5, 5.41) is 0. The van der Waals surface area contributed by atoms with Crippen LogP contribution in [0, 0.1) is 0 Å². The normalized spacial score (nSPS) is 12.9. The van der Waals surface area contributed by atoms with Crippen molar-refractivity contribution in [1.82, 2.24) is 14.9 Å². The number of rotatable bonds is 8. The first-order chi connectivity index (χ1) is 12.7. The van der Waals surface area contributed by atoms with Gasteiger partial charge in [-0.1, -0.05) is 0 Å². The summed E-state index contributed by atoms with van der Waals surface area (Å²) in [6.07, 6.45) is -0.501. The Kier molecular flexibility index (Phi) is 7.57. The molecule has 1 N–H and O–H groups in total. The molecule has 0 bridgehead atoms. The molecule has 0 aliphatic rings. The Hall–Kier alpha value is -1.72. The zero-order valence-corrected chi connectivity index (χ0v) is 17.0. The number of pyridine rings is 2. The molecule has 2 aromatic heterocycles. The molecule has 2 rings (SSSR count). The maximum absolute atomic E-state index is 12.8. The smallest absolute Gasteiger partial charge is 0.417 e. The molecule has 27 heavy (non-hydrogen) atoms. The molecule has 0 saturated heterocycles. The topological polar surface area (TPSA) is 67.3 Å². The molecule has 0 aromatic carbocycles. The molecule has 0 radical (unpaired) electrons. The number of nitrogens with zero attached hydrogens (tertiary/aromatic N) is 3. The van der Waals surface area contributed by atoms with E-state index in [-0.39, 0.29) is 10.8 Å². The second-order valence-electron chi connectivity index (χ2n) is 5.79. The number of ether oxygens (including phenoxy) is 1. The van der Waals surface area contributed by atoms with E-state index < -0.39 is 22.7 Å². The van der Waals surface area contributed by atoms with E-state index in [9.17, 15) is 17.4 Å². The standard InChI is InChI=1S/C16H18BrF3N4O2S/c1-24(2)4-3-5-26-15-14(7-12(17)9-22-15)23-27(25)13-6-11(8-21-10-13)16(18,19)20/h6-10,23H,3-5H2,1-2H3. The summed E-state index contributed by atoms with van der Waals surface area (Å²) in [6.45, 7) is 1.21. The van der Waals surface area contributed by atoms with Crippen LogP contribution in [0.5, 0.6) is 5.88 Å². The quantitative estimate of drug-likeness (QED) is 0.600. The Morgan fingerprint density at radius 3 is 2.67 bits per heavy atom. The van der Waals surface area contributed by atoms with Crippen LogP contribution in [0.25, 0.3) is 0 Å². The Morgan fingerprint density at radius 1 is 1.26 bits per heavy atom. The van der Waals surface area contributed by atoms with Crippen LogP contribution in [-0.2, 0) is 17.2 Å². The van der Waals surface area contributed by atoms with E-state index in [0.29, 0.717) is 23.0 Å². The van der Waals surface area contributed by atoms with E-state index >= 15 is 0 Å². The first kappa shape index (κ1) is 21.6. The van der Waals surface area contributed by atoms with E-state index in [1.807, 2.05) is 19.0 Å². The summed E-state index contributed by atoms with van der Waals surface area (Å²) in [4.78, 5) is 9.54. The third kappa shape index (κ3) is 6.74. The fourth-order valence-corrected chi connectivity index (χ4v) is 3.18. The third-order valence-corrected chi connectivity index (χ3v) is 4.75. The monoisotopic (exact) mass is 466 g/mol. The second-order valence-corrected chi connectivity index (χ2v) is 7.92. The van der Waals surface area contributed by atoms with Gasteiger partial charge in [-0.15, -0.1) is 0 Å². The summed E-state index contributed by atoms with van der Waals surface area (Å²) in [7, 11) is 1.91. The van der Waals surface area contributed by atoms with Crippen LogP contribution in [0.1, 0.15) is 12.0 Å². The van der Waals surface area contributed by atoms with Crippen molar-refractivity contribution in [2.45, 2.75) is 17.5 Å². The maximum Gasteiger partial charge on any atom is 0.417 e. The van der Waals surface area contributed by atoms with Crippen molar-refractivity contribution in [1.29, 1.82) is 0 Å². The maximum atomic E-state index is 12.8. The van der Waals surface area contributed by atoms with Crippen LogP contribution < -0.4 is 9.46 Å². The highest BCUT2D eigenvalue weighted by molar-refractivity contribution is 9.10. The van der Waals surface area contributed by atoms with E-state index in [1.54, 1.807) is 6.07 Å². The van der Waals surface area contributed by atoms with Gasteiger partial charge in [0.15, 0.2) is 11.0 Å². The molecule has 148 valence electrons. The number of hydrogen-bond donors (Lipinski definition) is 1. The van der Waals surface area contributed by atoms with Gasteiger partial charge in [0.2, 0.25) is 5.88 Å². The van der Waals surface area contributed by atoms with Crippen LogP contribution in [0.4, 0.5) is 18.9 Å². The molecule has 0 spiro atoms. The molecule has 11 heteroatoms. The van der Waals surface area contributed by atoms with Gasteiger partial charge in [-0.25, -0.2) is 9.19 Å². The van der Waals surface area contributed by atoms with Crippen LogP contribution in [0.3, 0.4) is 0 Å². The average Bonchev–Trinajstić information content (AvgIpc) is 2.59. The molecule has 2 aromatic rings. The highest BCUT2D eigenvalue weighted by atomic mass is 79.9. The van der Waals surface area contributed by atoms with Crippen molar-refractivity contribution in [3.05, 3.63) is 40.8 Å². The molecule has 6 nitrogen and oxygen atoms in total. The van der Waals surface area contributed by atoms with Gasteiger partial charge in [0.05, 0.1) is 17.1 Å². The lowest BCUT2D eigenvalue weighted by Crippen LogP contribution is -2.16. The predicted octanol–water partition coefficient (Wildman–Crippen LogP) is 3.72. The molecule has 2 heterocycles. The first-order valence-electron chi connectivity index (χ1n) is 7.80. The van der Waals surface area contributed by atoms with Gasteiger partial charge in [-0.2, -0.15) is 13.2 Å². The minimum atomic E-state index is -4.56. The summed E-state index contributed by atoms with van der Waals surface area (Å²) in [6, 6.07) is 2.38. The van der Waals surface area contributed by atoms with Crippen LogP contribution in [0.2, 0.25) is 0 Å². The van der Waals surface area contributed by atoms with Crippen LogP contribution >= 0.6 is 15.9 Å². The van der Waals surface area contributed by atoms with Gasteiger partial charge >= 0.3 is 6.18 Å². The minimum Gasteiger partial charge on any atom is -0.476 e. The summed E-state index contributed by atoms with van der Waals surface area (Å²) in [5.41, 5.74) is -0.673. The van der Waals surface area contributed by atoms with Gasteiger partial charge in [-0.05, 0) is 48.6 Å².